The summed E-state index contributed by atoms with van der Waals surface area (Å²) in [5.74, 6) is 0.929. The van der Waals surface area contributed by atoms with Gasteiger partial charge in [-0.1, -0.05) is 48.2 Å². The first-order chi connectivity index (χ1) is 14.8. The molecule has 0 atom stereocenters. The fourth-order valence-corrected chi connectivity index (χ4v) is 4.39. The Kier molecular flexibility index (Phi) is 5.43. The Morgan fingerprint density at radius 3 is 2.90 bits per heavy atom. The second kappa shape index (κ2) is 8.50. The van der Waals surface area contributed by atoms with Crippen molar-refractivity contribution in [1.29, 1.82) is 0 Å². The molecule has 3 heterocycles. The number of nitrogens with one attached hydrogen (secondary N) is 1. The van der Waals surface area contributed by atoms with Gasteiger partial charge in [0.05, 0.1) is 5.69 Å². The zero-order valence-electron chi connectivity index (χ0n) is 17.0. The summed E-state index contributed by atoms with van der Waals surface area (Å²) in [6, 6.07) is 16.5. The number of aromatic nitrogens is 3. The van der Waals surface area contributed by atoms with Crippen molar-refractivity contribution in [2.75, 3.05) is 12.8 Å². The molecule has 4 aromatic rings. The van der Waals surface area contributed by atoms with Gasteiger partial charge in [-0.15, -0.1) is 0 Å². The van der Waals surface area contributed by atoms with E-state index in [1.807, 2.05) is 36.7 Å². The van der Waals surface area contributed by atoms with E-state index in [1.165, 1.54) is 27.8 Å². The molecule has 30 heavy (non-hydrogen) atoms. The van der Waals surface area contributed by atoms with Gasteiger partial charge in [0.15, 0.2) is 5.16 Å². The molecule has 0 amide bonds. The van der Waals surface area contributed by atoms with Crippen LogP contribution in [0.1, 0.15) is 22.4 Å². The fourth-order valence-electron chi connectivity index (χ4n) is 4.03. The molecule has 0 saturated carbocycles. The number of hydrogen-bond donors (Lipinski definition) is 1. The minimum atomic E-state index is 0.566. The molecule has 2 aromatic heterocycles. The Balaban J connectivity index is 1.36. The molecule has 5 nitrogen and oxygen atoms in total. The van der Waals surface area contributed by atoms with E-state index < -0.39 is 0 Å². The van der Waals surface area contributed by atoms with Gasteiger partial charge < -0.3 is 9.72 Å². The number of hydrogen-bond acceptors (Lipinski definition) is 5. The number of ether oxygens (including phenoxy) is 1. The smallest absolute Gasteiger partial charge is 0.187 e. The summed E-state index contributed by atoms with van der Waals surface area (Å²) in [6.45, 7) is 3.31. The number of fused-ring (bicyclic) bond motifs is 2. The number of benzene rings is 2. The molecular formula is C24H24N4OS. The molecule has 0 aliphatic carbocycles. The third-order valence-electron chi connectivity index (χ3n) is 5.55. The van der Waals surface area contributed by atoms with Crippen molar-refractivity contribution in [2.45, 2.75) is 31.3 Å². The average Bonchev–Trinajstić information content (AvgIpc) is 3.21. The fraction of sp³-hybridized carbons (Fsp3) is 0.250. The lowest BCUT2D eigenvalue weighted by Gasteiger charge is -2.27. The van der Waals surface area contributed by atoms with E-state index in [-0.39, 0.29) is 0 Å². The van der Waals surface area contributed by atoms with Crippen LogP contribution in [0.5, 0.6) is 5.75 Å². The van der Waals surface area contributed by atoms with Crippen LogP contribution in [-0.4, -0.2) is 32.7 Å². The van der Waals surface area contributed by atoms with E-state index >= 15 is 0 Å². The van der Waals surface area contributed by atoms with Gasteiger partial charge in [-0.25, -0.2) is 9.97 Å². The first kappa shape index (κ1) is 19.2. The minimum absolute atomic E-state index is 0.566. The van der Waals surface area contributed by atoms with Gasteiger partial charge in [-0.2, -0.15) is 0 Å². The van der Waals surface area contributed by atoms with Crippen LogP contribution < -0.4 is 4.74 Å². The molecule has 0 fully saturated rings. The predicted molar refractivity (Wildman–Crippen MR) is 121 cm³/mol. The maximum Gasteiger partial charge on any atom is 0.187 e. The van der Waals surface area contributed by atoms with E-state index in [0.717, 1.165) is 42.5 Å². The molecule has 1 aliphatic rings. The molecule has 1 N–H and O–H groups in total. The Labute approximate surface area is 180 Å². The largest absolute Gasteiger partial charge is 0.488 e. The van der Waals surface area contributed by atoms with Crippen LogP contribution in [0.25, 0.3) is 10.9 Å². The normalized spacial score (nSPS) is 14.0. The van der Waals surface area contributed by atoms with Crippen LogP contribution in [0.15, 0.2) is 66.1 Å². The molecule has 5 rings (SSSR count). The summed E-state index contributed by atoms with van der Waals surface area (Å²) in [7, 11) is 0. The van der Waals surface area contributed by atoms with Gasteiger partial charge in [0.1, 0.15) is 12.4 Å². The third kappa shape index (κ3) is 3.93. The lowest BCUT2D eigenvalue weighted by Crippen LogP contribution is -2.30. The zero-order valence-corrected chi connectivity index (χ0v) is 17.8. The van der Waals surface area contributed by atoms with Crippen molar-refractivity contribution in [3.8, 4) is 5.75 Å². The molecule has 2 aromatic carbocycles. The quantitative estimate of drug-likeness (QED) is 0.361. The van der Waals surface area contributed by atoms with E-state index in [2.05, 4.69) is 50.3 Å². The maximum absolute atomic E-state index is 6.21. The van der Waals surface area contributed by atoms with E-state index in [0.29, 0.717) is 6.61 Å². The highest BCUT2D eigenvalue weighted by atomic mass is 32.2. The lowest BCUT2D eigenvalue weighted by molar-refractivity contribution is 0.242. The summed E-state index contributed by atoms with van der Waals surface area (Å²) in [4.78, 5) is 15.0. The maximum atomic E-state index is 6.21. The average molecular weight is 417 g/mol. The summed E-state index contributed by atoms with van der Waals surface area (Å²) < 4.78 is 6.21. The topological polar surface area (TPSA) is 54.0 Å². The van der Waals surface area contributed by atoms with E-state index in [1.54, 1.807) is 11.8 Å². The molecule has 152 valence electrons. The van der Waals surface area contributed by atoms with Crippen molar-refractivity contribution in [1.82, 2.24) is 19.9 Å². The van der Waals surface area contributed by atoms with Crippen LogP contribution in [0.4, 0.5) is 0 Å². The van der Waals surface area contributed by atoms with Crippen LogP contribution in [0, 0.1) is 0 Å². The van der Waals surface area contributed by atoms with Gasteiger partial charge in [-0.3, -0.25) is 4.90 Å². The van der Waals surface area contributed by atoms with Crippen molar-refractivity contribution >= 4 is 22.7 Å². The van der Waals surface area contributed by atoms with E-state index in [4.69, 9.17) is 4.74 Å². The molecule has 1 aliphatic heterocycles. The Bertz CT molecular complexity index is 1160. The molecule has 0 radical (unpaired) electrons. The molecule has 0 unspecified atom stereocenters. The van der Waals surface area contributed by atoms with Crippen molar-refractivity contribution in [2.24, 2.45) is 0 Å². The Morgan fingerprint density at radius 2 is 2.03 bits per heavy atom. The van der Waals surface area contributed by atoms with Gasteiger partial charge in [0, 0.05) is 54.9 Å². The van der Waals surface area contributed by atoms with Crippen molar-refractivity contribution in [3.05, 3.63) is 83.3 Å². The Hall–Kier alpha value is -2.83. The highest BCUT2D eigenvalue weighted by molar-refractivity contribution is 7.98. The minimum Gasteiger partial charge on any atom is -0.488 e. The summed E-state index contributed by atoms with van der Waals surface area (Å²) in [5, 5.41) is 2.03. The molecule has 0 spiro atoms. The number of rotatable bonds is 6. The Morgan fingerprint density at radius 1 is 1.13 bits per heavy atom. The number of aromatic amines is 1. The van der Waals surface area contributed by atoms with Crippen molar-refractivity contribution in [3.63, 3.8) is 0 Å². The van der Waals surface area contributed by atoms with E-state index in [9.17, 15) is 0 Å². The van der Waals surface area contributed by atoms with Crippen molar-refractivity contribution < 1.29 is 4.74 Å². The number of nitrogens with zero attached hydrogens (tertiary/aromatic N) is 3. The molecule has 0 bridgehead atoms. The first-order valence-electron chi connectivity index (χ1n) is 10.2. The second-order valence-corrected chi connectivity index (χ2v) is 8.33. The van der Waals surface area contributed by atoms with Crippen LogP contribution >= 0.6 is 11.8 Å². The van der Waals surface area contributed by atoms with Gasteiger partial charge in [0.2, 0.25) is 0 Å². The first-order valence-corrected chi connectivity index (χ1v) is 11.4. The molecular weight excluding hydrogens is 392 g/mol. The lowest BCUT2D eigenvalue weighted by atomic mass is 10.1. The van der Waals surface area contributed by atoms with Gasteiger partial charge in [0.25, 0.3) is 0 Å². The number of thioether (sulfide) groups is 1. The van der Waals surface area contributed by atoms with Gasteiger partial charge >= 0.3 is 0 Å². The third-order valence-corrected chi connectivity index (χ3v) is 6.12. The highest BCUT2D eigenvalue weighted by Crippen LogP contribution is 2.31. The molecule has 6 heteroatoms. The van der Waals surface area contributed by atoms with Gasteiger partial charge in [-0.05, 0) is 29.5 Å². The highest BCUT2D eigenvalue weighted by Gasteiger charge is 2.20. The predicted octanol–water partition coefficient (Wildman–Crippen LogP) is 4.82. The molecule has 0 saturated heterocycles. The second-order valence-electron chi connectivity index (χ2n) is 7.56. The number of H-pyrrole nitrogens is 1. The monoisotopic (exact) mass is 416 g/mol. The summed E-state index contributed by atoms with van der Waals surface area (Å²) in [6.07, 6.45) is 7.09. The van der Waals surface area contributed by atoms with Crippen LogP contribution in [0.3, 0.4) is 0 Å². The standard InChI is InChI=1S/C24H24N4OS/c1-30-24-26-12-18-14-28(11-10-20(18)27-24)15-19-13-25-21-8-5-9-22(23(19)21)29-16-17-6-3-2-4-7-17/h2-9,12-13,25H,10-11,14-16H2,1H3. The van der Waals surface area contributed by atoms with Crippen LogP contribution in [-0.2, 0) is 26.1 Å². The summed E-state index contributed by atoms with van der Waals surface area (Å²) in [5.41, 5.74) is 5.97. The SMILES string of the molecule is CSc1ncc2c(n1)CCN(Cc1c[nH]c3cccc(OCc4ccccc4)c13)C2. The zero-order chi connectivity index (χ0) is 20.3. The summed E-state index contributed by atoms with van der Waals surface area (Å²) >= 11 is 1.60. The van der Waals surface area contributed by atoms with Crippen LogP contribution in [0.2, 0.25) is 0 Å².